The topological polar surface area (TPSA) is 23.6 Å². The van der Waals surface area contributed by atoms with Crippen LogP contribution in [0.2, 0.25) is 0 Å². The summed E-state index contributed by atoms with van der Waals surface area (Å²) in [5.74, 6) is -1.15. The van der Waals surface area contributed by atoms with Gasteiger partial charge in [0, 0.05) is 31.1 Å². The minimum Gasteiger partial charge on any atom is -0.342 e. The number of rotatable bonds is 3. The van der Waals surface area contributed by atoms with Gasteiger partial charge < -0.3 is 4.90 Å². The van der Waals surface area contributed by atoms with Gasteiger partial charge in [0.05, 0.1) is 0 Å². The van der Waals surface area contributed by atoms with Crippen molar-refractivity contribution in [2.45, 2.75) is 45.1 Å². The Hall–Kier alpha value is -1.49. The van der Waals surface area contributed by atoms with Crippen LogP contribution in [0.4, 0.5) is 8.78 Å². The predicted octanol–water partition coefficient (Wildman–Crippen LogP) is 3.58. The van der Waals surface area contributed by atoms with E-state index in [9.17, 15) is 13.6 Å². The van der Waals surface area contributed by atoms with Crippen LogP contribution in [-0.4, -0.2) is 41.9 Å². The molecule has 0 aromatic heterocycles. The number of benzene rings is 1. The van der Waals surface area contributed by atoms with E-state index in [-0.39, 0.29) is 5.92 Å². The highest BCUT2D eigenvalue weighted by Gasteiger charge is 2.29. The second-order valence-electron chi connectivity index (χ2n) is 7.00. The number of carbonyl (C=O) groups excluding carboxylic acids is 1. The zero-order valence-corrected chi connectivity index (χ0v) is 14.1. The summed E-state index contributed by atoms with van der Waals surface area (Å²) in [5, 5.41) is 0. The summed E-state index contributed by atoms with van der Waals surface area (Å²) in [7, 11) is 0. The van der Waals surface area contributed by atoms with Crippen LogP contribution in [0.1, 0.15) is 44.1 Å². The first-order valence-electron chi connectivity index (χ1n) is 9.09. The number of nitrogens with zero attached hydrogens (tertiary/aromatic N) is 2. The van der Waals surface area contributed by atoms with Crippen molar-refractivity contribution in [2.75, 3.05) is 26.2 Å². The number of amides is 1. The van der Waals surface area contributed by atoms with Gasteiger partial charge in [0.15, 0.2) is 11.6 Å². The first kappa shape index (κ1) is 17.3. The van der Waals surface area contributed by atoms with Crippen LogP contribution >= 0.6 is 0 Å². The molecule has 0 spiro atoms. The molecular weight excluding hydrogens is 310 g/mol. The van der Waals surface area contributed by atoms with Crippen molar-refractivity contribution in [1.29, 1.82) is 0 Å². The number of piperidine rings is 1. The second kappa shape index (κ2) is 8.06. The fraction of sp³-hybridized carbons (Fsp3) is 0.632. The Bertz CT molecular complexity index is 562. The van der Waals surface area contributed by atoms with Crippen LogP contribution < -0.4 is 0 Å². The maximum Gasteiger partial charge on any atom is 0.225 e. The molecule has 0 saturated carbocycles. The highest BCUT2D eigenvalue weighted by molar-refractivity contribution is 5.79. The lowest BCUT2D eigenvalue weighted by atomic mass is 9.94. The summed E-state index contributed by atoms with van der Waals surface area (Å²) in [5.41, 5.74) is 0.396. The Labute approximate surface area is 142 Å². The van der Waals surface area contributed by atoms with Gasteiger partial charge in [0.2, 0.25) is 5.91 Å². The van der Waals surface area contributed by atoms with Crippen LogP contribution in [0.25, 0.3) is 0 Å². The third-order valence-corrected chi connectivity index (χ3v) is 5.28. The Morgan fingerprint density at radius 1 is 1.00 bits per heavy atom. The molecule has 1 aromatic rings. The van der Waals surface area contributed by atoms with Crippen molar-refractivity contribution in [3.8, 4) is 0 Å². The molecule has 132 valence electrons. The molecule has 0 atom stereocenters. The van der Waals surface area contributed by atoms with Gasteiger partial charge in [-0.05, 0) is 44.8 Å². The average molecular weight is 336 g/mol. The quantitative estimate of drug-likeness (QED) is 0.842. The Kier molecular flexibility index (Phi) is 5.82. The van der Waals surface area contributed by atoms with Crippen molar-refractivity contribution < 1.29 is 13.6 Å². The number of carbonyl (C=O) groups is 1. The second-order valence-corrected chi connectivity index (χ2v) is 7.00. The highest BCUT2D eigenvalue weighted by Crippen LogP contribution is 2.23. The number of likely N-dealkylation sites (tertiary alicyclic amines) is 2. The molecule has 2 fully saturated rings. The summed E-state index contributed by atoms with van der Waals surface area (Å²) in [6, 6.07) is 4.32. The van der Waals surface area contributed by atoms with E-state index in [4.69, 9.17) is 0 Å². The maximum absolute atomic E-state index is 13.8. The van der Waals surface area contributed by atoms with Crippen molar-refractivity contribution in [2.24, 2.45) is 5.92 Å². The minimum atomic E-state index is -0.793. The third kappa shape index (κ3) is 4.12. The minimum absolute atomic E-state index is 0.0942. The van der Waals surface area contributed by atoms with Gasteiger partial charge in [-0.15, -0.1) is 0 Å². The monoisotopic (exact) mass is 336 g/mol. The molecule has 2 heterocycles. The number of halogens is 2. The van der Waals surface area contributed by atoms with E-state index in [1.54, 1.807) is 12.1 Å². The maximum atomic E-state index is 13.8. The standard InChI is InChI=1S/C19H26F2N2O/c20-17-7-5-6-16(18(17)21)14-22-12-8-15(9-13-22)19(24)23-10-3-1-2-4-11-23/h5-7,15H,1-4,8-14H2. The molecule has 0 bridgehead atoms. The third-order valence-electron chi connectivity index (χ3n) is 5.28. The number of hydrogen-bond acceptors (Lipinski definition) is 2. The largest absolute Gasteiger partial charge is 0.342 e. The van der Waals surface area contributed by atoms with Crippen molar-refractivity contribution in [3.63, 3.8) is 0 Å². The van der Waals surface area contributed by atoms with E-state index in [1.165, 1.54) is 12.8 Å². The van der Waals surface area contributed by atoms with Gasteiger partial charge in [-0.2, -0.15) is 0 Å². The molecule has 3 rings (SSSR count). The Balaban J connectivity index is 1.52. The molecule has 0 unspecified atom stereocenters. The van der Waals surface area contributed by atoms with Gasteiger partial charge in [-0.3, -0.25) is 9.69 Å². The van der Waals surface area contributed by atoms with Crippen LogP contribution in [0.15, 0.2) is 18.2 Å². The molecule has 0 radical (unpaired) electrons. The van der Waals surface area contributed by atoms with Gasteiger partial charge >= 0.3 is 0 Å². The predicted molar refractivity (Wildman–Crippen MR) is 89.4 cm³/mol. The zero-order valence-electron chi connectivity index (χ0n) is 14.1. The van der Waals surface area contributed by atoms with Gasteiger partial charge in [-0.1, -0.05) is 25.0 Å². The van der Waals surface area contributed by atoms with Gasteiger partial charge in [-0.25, -0.2) is 8.78 Å². The number of hydrogen-bond donors (Lipinski definition) is 0. The van der Waals surface area contributed by atoms with E-state index in [2.05, 4.69) is 4.90 Å². The Morgan fingerprint density at radius 2 is 1.67 bits per heavy atom. The zero-order chi connectivity index (χ0) is 16.9. The van der Waals surface area contributed by atoms with Crippen LogP contribution in [0.5, 0.6) is 0 Å². The fourth-order valence-corrected chi connectivity index (χ4v) is 3.80. The first-order chi connectivity index (χ1) is 11.6. The summed E-state index contributed by atoms with van der Waals surface area (Å²) in [4.78, 5) is 16.8. The normalized spacial score (nSPS) is 20.8. The molecule has 5 heteroatoms. The smallest absolute Gasteiger partial charge is 0.225 e. The SMILES string of the molecule is O=C(C1CCN(Cc2cccc(F)c2F)CC1)N1CCCCCC1. The molecule has 24 heavy (non-hydrogen) atoms. The molecule has 0 N–H and O–H groups in total. The van der Waals surface area contributed by atoms with Crippen LogP contribution in [-0.2, 0) is 11.3 Å². The van der Waals surface area contributed by atoms with Gasteiger partial charge in [0.25, 0.3) is 0 Å². The molecule has 2 aliphatic heterocycles. The van der Waals surface area contributed by atoms with E-state index in [0.717, 1.165) is 57.9 Å². The lowest BCUT2D eigenvalue weighted by Crippen LogP contribution is -2.42. The highest BCUT2D eigenvalue weighted by atomic mass is 19.2. The van der Waals surface area contributed by atoms with E-state index in [1.807, 2.05) is 4.90 Å². The Morgan fingerprint density at radius 3 is 2.33 bits per heavy atom. The lowest BCUT2D eigenvalue weighted by Gasteiger charge is -2.34. The summed E-state index contributed by atoms with van der Waals surface area (Å²) in [6.45, 7) is 3.73. The lowest BCUT2D eigenvalue weighted by molar-refractivity contribution is -0.137. The first-order valence-corrected chi connectivity index (χ1v) is 9.09. The van der Waals surface area contributed by atoms with Crippen LogP contribution in [0.3, 0.4) is 0 Å². The molecule has 1 aromatic carbocycles. The van der Waals surface area contributed by atoms with Crippen molar-refractivity contribution in [3.05, 3.63) is 35.4 Å². The van der Waals surface area contributed by atoms with E-state index >= 15 is 0 Å². The average Bonchev–Trinajstić information content (AvgIpc) is 2.88. The molecule has 2 saturated heterocycles. The van der Waals surface area contributed by atoms with Crippen LogP contribution in [0, 0.1) is 17.6 Å². The fourth-order valence-electron chi connectivity index (χ4n) is 3.80. The molecule has 1 amide bonds. The summed E-state index contributed by atoms with van der Waals surface area (Å²) in [6.07, 6.45) is 6.30. The summed E-state index contributed by atoms with van der Waals surface area (Å²) < 4.78 is 27.1. The van der Waals surface area contributed by atoms with E-state index in [0.29, 0.717) is 18.0 Å². The molecule has 2 aliphatic rings. The molecule has 0 aliphatic carbocycles. The van der Waals surface area contributed by atoms with Gasteiger partial charge in [0.1, 0.15) is 0 Å². The van der Waals surface area contributed by atoms with E-state index < -0.39 is 11.6 Å². The summed E-state index contributed by atoms with van der Waals surface area (Å²) >= 11 is 0. The van der Waals surface area contributed by atoms with Crippen molar-refractivity contribution >= 4 is 5.91 Å². The van der Waals surface area contributed by atoms with Crippen molar-refractivity contribution in [1.82, 2.24) is 9.80 Å². The molecular formula is C19H26F2N2O. The molecule has 3 nitrogen and oxygen atoms in total.